The molecule has 0 atom stereocenters. The average molecular weight is 357 g/mol. The van der Waals surface area contributed by atoms with Gasteiger partial charge in [-0.05, 0) is 40.3 Å². The number of methoxy groups -OCH3 is 2. The second-order valence-corrected chi connectivity index (χ2v) is 5.32. The molecule has 1 aromatic rings. The highest BCUT2D eigenvalue weighted by atomic mass is 79.9. The summed E-state index contributed by atoms with van der Waals surface area (Å²) in [5, 5.41) is 3.25. The first-order valence-corrected chi connectivity index (χ1v) is 6.90. The number of hydrogen-bond acceptors (Lipinski definition) is 4. The molecule has 0 spiro atoms. The van der Waals surface area contributed by atoms with E-state index in [2.05, 4.69) is 21.2 Å². The molecule has 1 saturated heterocycles. The first kappa shape index (κ1) is 14.8. The van der Waals surface area contributed by atoms with Crippen molar-refractivity contribution in [1.29, 1.82) is 0 Å². The van der Waals surface area contributed by atoms with Crippen molar-refractivity contribution >= 4 is 45.2 Å². The van der Waals surface area contributed by atoms with Crippen molar-refractivity contribution in [2.24, 2.45) is 0 Å². The van der Waals surface area contributed by atoms with Crippen LogP contribution in [0.15, 0.2) is 22.3 Å². The van der Waals surface area contributed by atoms with Gasteiger partial charge in [0.25, 0.3) is 5.91 Å². The van der Waals surface area contributed by atoms with Crippen LogP contribution in [0.5, 0.6) is 11.5 Å². The van der Waals surface area contributed by atoms with E-state index in [-0.39, 0.29) is 5.91 Å². The number of nitrogens with zero attached hydrogens (tertiary/aromatic N) is 1. The fourth-order valence-corrected chi connectivity index (χ4v) is 2.49. The number of halogens is 1. The van der Waals surface area contributed by atoms with E-state index in [0.717, 1.165) is 10.0 Å². The number of ether oxygens (including phenoxy) is 2. The SMILES string of the molecule is COc1cc(OC)c(C=C2NC(=S)N(C)C2=O)cc1Br. The lowest BCUT2D eigenvalue weighted by atomic mass is 10.1. The predicted molar refractivity (Wildman–Crippen MR) is 83.7 cm³/mol. The highest BCUT2D eigenvalue weighted by Crippen LogP contribution is 2.34. The van der Waals surface area contributed by atoms with Crippen LogP contribution in [0.4, 0.5) is 0 Å². The zero-order valence-corrected chi connectivity index (χ0v) is 13.6. The summed E-state index contributed by atoms with van der Waals surface area (Å²) in [7, 11) is 4.76. The van der Waals surface area contributed by atoms with Gasteiger partial charge < -0.3 is 14.8 Å². The molecule has 0 radical (unpaired) electrons. The minimum atomic E-state index is -0.177. The van der Waals surface area contributed by atoms with Crippen LogP contribution in [0.3, 0.4) is 0 Å². The third-order valence-corrected chi connectivity index (χ3v) is 3.88. The Labute approximate surface area is 130 Å². The van der Waals surface area contributed by atoms with Gasteiger partial charge in [0.1, 0.15) is 17.2 Å². The molecular weight excluding hydrogens is 344 g/mol. The summed E-state index contributed by atoms with van der Waals surface area (Å²) >= 11 is 8.44. The van der Waals surface area contributed by atoms with E-state index in [1.54, 1.807) is 33.4 Å². The van der Waals surface area contributed by atoms with E-state index in [9.17, 15) is 4.79 Å². The Kier molecular flexibility index (Phi) is 4.29. The Morgan fingerprint density at radius 2 is 1.95 bits per heavy atom. The molecule has 106 valence electrons. The normalized spacial score (nSPS) is 16.6. The van der Waals surface area contributed by atoms with Gasteiger partial charge in [-0.15, -0.1) is 0 Å². The number of hydrogen-bond donors (Lipinski definition) is 1. The molecule has 1 fully saturated rings. The number of benzene rings is 1. The summed E-state index contributed by atoms with van der Waals surface area (Å²) in [5.74, 6) is 1.08. The van der Waals surface area contributed by atoms with Gasteiger partial charge in [0.15, 0.2) is 5.11 Å². The summed E-state index contributed by atoms with van der Waals surface area (Å²) < 4.78 is 11.3. The Balaban J connectivity index is 2.46. The van der Waals surface area contributed by atoms with Gasteiger partial charge in [0.05, 0.1) is 18.7 Å². The number of carbonyl (C=O) groups excluding carboxylic acids is 1. The molecule has 1 aliphatic heterocycles. The van der Waals surface area contributed by atoms with Crippen LogP contribution in [0, 0.1) is 0 Å². The third-order valence-electron chi connectivity index (χ3n) is 2.89. The Morgan fingerprint density at radius 3 is 2.45 bits per heavy atom. The van der Waals surface area contributed by atoms with Crippen LogP contribution in [0.2, 0.25) is 0 Å². The fraction of sp³-hybridized carbons (Fsp3) is 0.231. The molecule has 0 aliphatic carbocycles. The smallest absolute Gasteiger partial charge is 0.276 e. The van der Waals surface area contributed by atoms with E-state index in [1.807, 2.05) is 6.07 Å². The van der Waals surface area contributed by atoms with Crippen molar-refractivity contribution in [3.63, 3.8) is 0 Å². The van der Waals surface area contributed by atoms with Crippen LogP contribution < -0.4 is 14.8 Å². The van der Waals surface area contributed by atoms with Gasteiger partial charge in [-0.1, -0.05) is 0 Å². The van der Waals surface area contributed by atoms with E-state index >= 15 is 0 Å². The molecule has 7 heteroatoms. The molecule has 0 unspecified atom stereocenters. The Morgan fingerprint density at radius 1 is 1.30 bits per heavy atom. The summed E-state index contributed by atoms with van der Waals surface area (Å²) in [4.78, 5) is 13.3. The van der Waals surface area contributed by atoms with Gasteiger partial charge in [-0.25, -0.2) is 0 Å². The van der Waals surface area contributed by atoms with Crippen molar-refractivity contribution in [1.82, 2.24) is 10.2 Å². The van der Waals surface area contributed by atoms with E-state index in [0.29, 0.717) is 22.3 Å². The lowest BCUT2D eigenvalue weighted by Crippen LogP contribution is -2.25. The Hall–Kier alpha value is -1.60. The quantitative estimate of drug-likeness (QED) is 0.664. The topological polar surface area (TPSA) is 50.8 Å². The van der Waals surface area contributed by atoms with E-state index < -0.39 is 0 Å². The summed E-state index contributed by atoms with van der Waals surface area (Å²) in [5.41, 5.74) is 1.15. The zero-order chi connectivity index (χ0) is 14.9. The van der Waals surface area contributed by atoms with E-state index in [4.69, 9.17) is 21.7 Å². The van der Waals surface area contributed by atoms with Crippen molar-refractivity contribution in [3.8, 4) is 11.5 Å². The lowest BCUT2D eigenvalue weighted by molar-refractivity contribution is -0.121. The maximum atomic E-state index is 12.0. The first-order valence-electron chi connectivity index (χ1n) is 5.70. The van der Waals surface area contributed by atoms with Gasteiger partial charge in [-0.3, -0.25) is 9.69 Å². The molecular formula is C13H13BrN2O3S. The molecule has 0 aromatic heterocycles. The minimum absolute atomic E-state index is 0.177. The number of rotatable bonds is 3. The molecule has 0 bridgehead atoms. The fourth-order valence-electron chi connectivity index (χ4n) is 1.77. The van der Waals surface area contributed by atoms with Crippen LogP contribution in [0.1, 0.15) is 5.56 Å². The van der Waals surface area contributed by atoms with Crippen LogP contribution >= 0.6 is 28.1 Å². The van der Waals surface area contributed by atoms with Crippen LogP contribution in [-0.2, 0) is 4.79 Å². The van der Waals surface area contributed by atoms with E-state index in [1.165, 1.54) is 4.90 Å². The highest BCUT2D eigenvalue weighted by molar-refractivity contribution is 9.10. The molecule has 1 aliphatic rings. The molecule has 1 aromatic carbocycles. The van der Waals surface area contributed by atoms with Crippen molar-refractivity contribution < 1.29 is 14.3 Å². The first-order chi connectivity index (χ1) is 9.47. The molecule has 2 rings (SSSR count). The standard InChI is InChI=1S/C13H13BrN2O3S/c1-16-12(17)9(15-13(16)20)5-7-4-8(14)11(19-3)6-10(7)18-2/h4-6H,1-3H3,(H,15,20). The second-order valence-electron chi connectivity index (χ2n) is 4.08. The lowest BCUT2D eigenvalue weighted by Gasteiger charge is -2.10. The molecule has 5 nitrogen and oxygen atoms in total. The van der Waals surface area contributed by atoms with Gasteiger partial charge in [0, 0.05) is 18.7 Å². The number of likely N-dealkylation sites (N-methyl/N-ethyl adjacent to an activating group) is 1. The van der Waals surface area contributed by atoms with Gasteiger partial charge in [-0.2, -0.15) is 0 Å². The van der Waals surface area contributed by atoms with Crippen molar-refractivity contribution in [2.75, 3.05) is 21.3 Å². The van der Waals surface area contributed by atoms with Crippen molar-refractivity contribution in [2.45, 2.75) is 0 Å². The third kappa shape index (κ3) is 2.64. The minimum Gasteiger partial charge on any atom is -0.496 e. The van der Waals surface area contributed by atoms with Gasteiger partial charge in [0.2, 0.25) is 0 Å². The van der Waals surface area contributed by atoms with Gasteiger partial charge >= 0.3 is 0 Å². The monoisotopic (exact) mass is 356 g/mol. The summed E-state index contributed by atoms with van der Waals surface area (Å²) in [6.45, 7) is 0. The molecule has 1 N–H and O–H groups in total. The number of amides is 1. The average Bonchev–Trinajstić information content (AvgIpc) is 2.67. The number of carbonyl (C=O) groups is 1. The molecule has 1 heterocycles. The maximum absolute atomic E-state index is 12.0. The number of thiocarbonyl (C=S) groups is 1. The largest absolute Gasteiger partial charge is 0.496 e. The molecule has 20 heavy (non-hydrogen) atoms. The van der Waals surface area contributed by atoms with Crippen LogP contribution in [0.25, 0.3) is 6.08 Å². The highest BCUT2D eigenvalue weighted by Gasteiger charge is 2.27. The Bertz CT molecular complexity index is 616. The van der Waals surface area contributed by atoms with Crippen LogP contribution in [-0.4, -0.2) is 37.2 Å². The maximum Gasteiger partial charge on any atom is 0.276 e. The summed E-state index contributed by atoms with van der Waals surface area (Å²) in [6.07, 6.45) is 1.70. The second kappa shape index (κ2) is 5.80. The summed E-state index contributed by atoms with van der Waals surface area (Å²) in [6, 6.07) is 3.57. The number of nitrogens with one attached hydrogen (secondary N) is 1. The predicted octanol–water partition coefficient (Wildman–Crippen LogP) is 2.15. The molecule has 0 saturated carbocycles. The van der Waals surface area contributed by atoms with Crippen molar-refractivity contribution in [3.05, 3.63) is 27.9 Å². The molecule has 1 amide bonds. The zero-order valence-electron chi connectivity index (χ0n) is 11.2.